The molecule has 0 radical (unpaired) electrons. The second kappa shape index (κ2) is 8.92. The monoisotopic (exact) mass is 335 g/mol. The molecular formula is C17H18ClNO4. The van der Waals surface area contributed by atoms with Gasteiger partial charge < -0.3 is 15.2 Å². The lowest BCUT2D eigenvalue weighted by Crippen LogP contribution is -2.39. The molecule has 1 atom stereocenters. The van der Waals surface area contributed by atoms with E-state index in [-0.39, 0.29) is 12.4 Å². The molecule has 0 aliphatic carbocycles. The van der Waals surface area contributed by atoms with Gasteiger partial charge in [-0.05, 0) is 29.8 Å². The zero-order valence-corrected chi connectivity index (χ0v) is 13.4. The Kier molecular flexibility index (Phi) is 7.25. The molecule has 0 amide bonds. The summed E-state index contributed by atoms with van der Waals surface area (Å²) in [4.78, 5) is 23.2. The zero-order chi connectivity index (χ0) is 15.9. The van der Waals surface area contributed by atoms with E-state index in [1.807, 2.05) is 30.3 Å². The minimum atomic E-state index is -1.30. The van der Waals surface area contributed by atoms with Crippen molar-refractivity contribution in [2.24, 2.45) is 5.73 Å². The van der Waals surface area contributed by atoms with Gasteiger partial charge in [-0.2, -0.15) is 0 Å². The average Bonchev–Trinajstić information content (AvgIpc) is 2.59. The van der Waals surface area contributed by atoms with E-state index in [0.717, 1.165) is 5.56 Å². The molecule has 0 heterocycles. The summed E-state index contributed by atoms with van der Waals surface area (Å²) < 4.78 is 10.1. The first-order chi connectivity index (χ1) is 10.6. The van der Waals surface area contributed by atoms with Gasteiger partial charge in [0, 0.05) is 5.56 Å². The first-order valence-corrected chi connectivity index (χ1v) is 6.76. The third-order valence-electron chi connectivity index (χ3n) is 3.12. The standard InChI is InChI=1S/C17H17NO4.ClH/c1-21-17(20)15(18)16(19)13-7-9-14(10-8-13)22-11-12-5-3-2-4-6-12;/h2-10,15H,11,18H2,1H3;1H. The van der Waals surface area contributed by atoms with Gasteiger partial charge in [0.05, 0.1) is 7.11 Å². The van der Waals surface area contributed by atoms with Crippen LogP contribution >= 0.6 is 12.4 Å². The molecule has 0 saturated carbocycles. The summed E-state index contributed by atoms with van der Waals surface area (Å²) in [6.07, 6.45) is 0. The fourth-order valence-corrected chi connectivity index (χ4v) is 1.87. The predicted molar refractivity (Wildman–Crippen MR) is 88.8 cm³/mol. The fraction of sp³-hybridized carbons (Fsp3) is 0.176. The van der Waals surface area contributed by atoms with Crippen LogP contribution in [0.25, 0.3) is 0 Å². The molecule has 0 bridgehead atoms. The van der Waals surface area contributed by atoms with Crippen LogP contribution in [0.1, 0.15) is 15.9 Å². The summed E-state index contributed by atoms with van der Waals surface area (Å²) in [7, 11) is 1.19. The van der Waals surface area contributed by atoms with Crippen molar-refractivity contribution in [2.75, 3.05) is 7.11 Å². The number of hydrogen-bond donors (Lipinski definition) is 1. The molecule has 2 N–H and O–H groups in total. The molecular weight excluding hydrogens is 318 g/mol. The summed E-state index contributed by atoms with van der Waals surface area (Å²) in [5.41, 5.74) is 6.91. The van der Waals surface area contributed by atoms with Crippen LogP contribution in [0.5, 0.6) is 5.75 Å². The van der Waals surface area contributed by atoms with Crippen molar-refractivity contribution in [3.8, 4) is 5.75 Å². The molecule has 2 aromatic carbocycles. The normalized spacial score (nSPS) is 11.0. The number of benzene rings is 2. The van der Waals surface area contributed by atoms with Crippen LogP contribution in [0, 0.1) is 0 Å². The number of ether oxygens (including phenoxy) is 2. The molecule has 0 saturated heterocycles. The molecule has 1 unspecified atom stereocenters. The van der Waals surface area contributed by atoms with Crippen molar-refractivity contribution >= 4 is 24.2 Å². The topological polar surface area (TPSA) is 78.6 Å². The number of ketones is 1. The molecule has 5 nitrogen and oxygen atoms in total. The van der Waals surface area contributed by atoms with Crippen molar-refractivity contribution in [3.63, 3.8) is 0 Å². The summed E-state index contributed by atoms with van der Waals surface area (Å²) >= 11 is 0. The van der Waals surface area contributed by atoms with Crippen LogP contribution in [0.2, 0.25) is 0 Å². The van der Waals surface area contributed by atoms with Gasteiger partial charge in [0.15, 0.2) is 11.8 Å². The van der Waals surface area contributed by atoms with Crippen LogP contribution < -0.4 is 10.5 Å². The minimum Gasteiger partial charge on any atom is -0.489 e. The highest BCUT2D eigenvalue weighted by Crippen LogP contribution is 2.15. The van der Waals surface area contributed by atoms with Gasteiger partial charge in [0.1, 0.15) is 12.4 Å². The molecule has 122 valence electrons. The average molecular weight is 336 g/mol. The second-order valence-corrected chi connectivity index (χ2v) is 4.66. The Bertz CT molecular complexity index is 643. The lowest BCUT2D eigenvalue weighted by molar-refractivity contribution is -0.140. The Hall–Kier alpha value is -2.37. The van der Waals surface area contributed by atoms with Crippen LogP contribution in [0.3, 0.4) is 0 Å². The SMILES string of the molecule is COC(=O)C(N)C(=O)c1ccc(OCc2ccccc2)cc1.Cl. The van der Waals surface area contributed by atoms with Gasteiger partial charge in [-0.25, -0.2) is 4.79 Å². The number of methoxy groups -OCH3 is 1. The van der Waals surface area contributed by atoms with E-state index in [2.05, 4.69) is 4.74 Å². The number of carbonyl (C=O) groups is 2. The third kappa shape index (κ3) is 5.09. The molecule has 0 aromatic heterocycles. The van der Waals surface area contributed by atoms with Crippen LogP contribution in [0.15, 0.2) is 54.6 Å². The maximum atomic E-state index is 12.0. The van der Waals surface area contributed by atoms with E-state index in [0.29, 0.717) is 17.9 Å². The molecule has 2 rings (SSSR count). The Balaban J connectivity index is 0.00000264. The molecule has 6 heteroatoms. The molecule has 2 aromatic rings. The van der Waals surface area contributed by atoms with Crippen LogP contribution in [-0.4, -0.2) is 24.9 Å². The number of rotatable bonds is 6. The number of esters is 1. The Morgan fingerprint density at radius 1 is 1.04 bits per heavy atom. The van der Waals surface area contributed by atoms with E-state index in [9.17, 15) is 9.59 Å². The van der Waals surface area contributed by atoms with Crippen LogP contribution in [0.4, 0.5) is 0 Å². The molecule has 0 aliphatic heterocycles. The van der Waals surface area contributed by atoms with Crippen LogP contribution in [-0.2, 0) is 16.1 Å². The maximum Gasteiger partial charge on any atom is 0.330 e. The van der Waals surface area contributed by atoms with Crippen molar-refractivity contribution in [1.29, 1.82) is 0 Å². The van der Waals surface area contributed by atoms with E-state index in [1.54, 1.807) is 24.3 Å². The smallest absolute Gasteiger partial charge is 0.330 e. The van der Waals surface area contributed by atoms with E-state index in [4.69, 9.17) is 10.5 Å². The maximum absolute atomic E-state index is 12.0. The van der Waals surface area contributed by atoms with Crippen molar-refractivity contribution in [2.45, 2.75) is 12.6 Å². The lowest BCUT2D eigenvalue weighted by atomic mass is 10.1. The Morgan fingerprint density at radius 3 is 2.22 bits per heavy atom. The summed E-state index contributed by atoms with van der Waals surface area (Å²) in [5.74, 6) is -0.608. The van der Waals surface area contributed by atoms with Gasteiger partial charge in [0.25, 0.3) is 0 Å². The van der Waals surface area contributed by atoms with Gasteiger partial charge in [0.2, 0.25) is 0 Å². The molecule has 23 heavy (non-hydrogen) atoms. The van der Waals surface area contributed by atoms with Gasteiger partial charge in [-0.3, -0.25) is 4.79 Å². The summed E-state index contributed by atoms with van der Waals surface area (Å²) in [6, 6.07) is 14.9. The zero-order valence-electron chi connectivity index (χ0n) is 12.6. The fourth-order valence-electron chi connectivity index (χ4n) is 1.87. The Labute approximate surface area is 140 Å². The number of carbonyl (C=O) groups excluding carboxylic acids is 2. The number of halogens is 1. The highest BCUT2D eigenvalue weighted by atomic mass is 35.5. The first-order valence-electron chi connectivity index (χ1n) is 6.76. The predicted octanol–water partition coefficient (Wildman–Crippen LogP) is 2.37. The highest BCUT2D eigenvalue weighted by Gasteiger charge is 2.23. The van der Waals surface area contributed by atoms with E-state index < -0.39 is 17.8 Å². The van der Waals surface area contributed by atoms with Crippen molar-refractivity contribution < 1.29 is 19.1 Å². The molecule has 0 aliphatic rings. The van der Waals surface area contributed by atoms with E-state index >= 15 is 0 Å². The highest BCUT2D eigenvalue weighted by molar-refractivity contribution is 6.11. The van der Waals surface area contributed by atoms with Gasteiger partial charge in [-0.15, -0.1) is 12.4 Å². The second-order valence-electron chi connectivity index (χ2n) is 4.66. The lowest BCUT2D eigenvalue weighted by Gasteiger charge is -2.09. The van der Waals surface area contributed by atoms with E-state index in [1.165, 1.54) is 7.11 Å². The van der Waals surface area contributed by atoms with Crippen molar-refractivity contribution in [3.05, 3.63) is 65.7 Å². The third-order valence-corrected chi connectivity index (χ3v) is 3.12. The first kappa shape index (κ1) is 18.7. The quantitative estimate of drug-likeness (QED) is 0.498. The summed E-state index contributed by atoms with van der Waals surface area (Å²) in [5, 5.41) is 0. The number of Topliss-reactive ketones (excluding diaryl/α,β-unsaturated/α-hetero) is 1. The van der Waals surface area contributed by atoms with Crippen molar-refractivity contribution in [1.82, 2.24) is 0 Å². The Morgan fingerprint density at radius 2 is 1.65 bits per heavy atom. The largest absolute Gasteiger partial charge is 0.489 e. The number of hydrogen-bond acceptors (Lipinski definition) is 5. The van der Waals surface area contributed by atoms with Gasteiger partial charge in [-0.1, -0.05) is 30.3 Å². The molecule has 0 fully saturated rings. The number of nitrogens with two attached hydrogens (primary N) is 1. The minimum absolute atomic E-state index is 0. The summed E-state index contributed by atoms with van der Waals surface area (Å²) in [6.45, 7) is 0.440. The molecule has 0 spiro atoms. The van der Waals surface area contributed by atoms with Gasteiger partial charge >= 0.3 is 5.97 Å².